The van der Waals surface area contributed by atoms with Crippen LogP contribution in [0, 0.1) is 0 Å². The predicted molar refractivity (Wildman–Crippen MR) is 93.5 cm³/mol. The quantitative estimate of drug-likeness (QED) is 0.839. The molecule has 1 aromatic heterocycles. The normalized spacial score (nSPS) is 13.0. The fraction of sp³-hybridized carbons (Fsp3) is 0.235. The largest absolute Gasteiger partial charge is 0.497 e. The summed E-state index contributed by atoms with van der Waals surface area (Å²) in [7, 11) is 3.40. The van der Waals surface area contributed by atoms with Crippen molar-refractivity contribution >= 4 is 29.2 Å². The number of benzene rings is 1. The average molecular weight is 345 g/mol. The number of thiazole rings is 1. The molecule has 0 bridgehead atoms. The number of amides is 2. The molecule has 1 unspecified atom stereocenters. The molecule has 1 atom stereocenters. The van der Waals surface area contributed by atoms with E-state index in [1.807, 2.05) is 42.9 Å². The summed E-state index contributed by atoms with van der Waals surface area (Å²) in [6.07, 6.45) is 4.87. The van der Waals surface area contributed by atoms with Crippen molar-refractivity contribution in [1.82, 2.24) is 9.88 Å². The number of ether oxygens (including phenoxy) is 1. The second kappa shape index (κ2) is 8.26. The SMILES string of the molecule is COc1ccc(C=CC(=O)NC(C)C(=O)N=c2sccn2C)cc1. The number of nitrogens with zero attached hydrogens (tertiary/aromatic N) is 2. The third kappa shape index (κ3) is 4.92. The van der Waals surface area contributed by atoms with Crippen LogP contribution < -0.4 is 14.9 Å². The summed E-state index contributed by atoms with van der Waals surface area (Å²) in [5.41, 5.74) is 0.861. The van der Waals surface area contributed by atoms with Gasteiger partial charge in [-0.3, -0.25) is 9.59 Å². The van der Waals surface area contributed by atoms with Crippen LogP contribution in [0.15, 0.2) is 46.9 Å². The van der Waals surface area contributed by atoms with Gasteiger partial charge in [0.25, 0.3) is 5.91 Å². The maximum absolute atomic E-state index is 12.0. The standard InChI is InChI=1S/C17H19N3O3S/c1-12(16(22)19-17-20(2)10-11-24-17)18-15(21)9-6-13-4-7-14(23-3)8-5-13/h4-12H,1-3H3,(H,18,21). The minimum absolute atomic E-state index is 0.350. The zero-order chi connectivity index (χ0) is 17.5. The van der Waals surface area contributed by atoms with Crippen LogP contribution in [0.5, 0.6) is 5.75 Å². The molecule has 1 aromatic carbocycles. The second-order valence-corrected chi connectivity index (χ2v) is 5.96. The molecule has 6 nitrogen and oxygen atoms in total. The van der Waals surface area contributed by atoms with Gasteiger partial charge in [-0.05, 0) is 30.7 Å². The Morgan fingerprint density at radius 2 is 2.04 bits per heavy atom. The summed E-state index contributed by atoms with van der Waals surface area (Å²) in [4.78, 5) is 28.5. The highest BCUT2D eigenvalue weighted by Gasteiger charge is 2.13. The first-order valence-electron chi connectivity index (χ1n) is 7.31. The van der Waals surface area contributed by atoms with Gasteiger partial charge in [0.2, 0.25) is 5.91 Å². The van der Waals surface area contributed by atoms with Crippen molar-refractivity contribution in [3.63, 3.8) is 0 Å². The van der Waals surface area contributed by atoms with Crippen molar-refractivity contribution < 1.29 is 14.3 Å². The second-order valence-electron chi connectivity index (χ2n) is 5.08. The molecule has 2 aromatic rings. The Balaban J connectivity index is 1.94. The van der Waals surface area contributed by atoms with E-state index in [0.717, 1.165) is 11.3 Å². The van der Waals surface area contributed by atoms with Crippen molar-refractivity contribution in [3.8, 4) is 5.75 Å². The van der Waals surface area contributed by atoms with E-state index in [-0.39, 0.29) is 11.8 Å². The molecule has 1 heterocycles. The number of hydrogen-bond acceptors (Lipinski definition) is 4. The number of methoxy groups -OCH3 is 1. The molecule has 126 valence electrons. The Hall–Kier alpha value is -2.67. The molecular weight excluding hydrogens is 326 g/mol. The van der Waals surface area contributed by atoms with Gasteiger partial charge in [0, 0.05) is 24.7 Å². The number of rotatable bonds is 5. The van der Waals surface area contributed by atoms with Crippen LogP contribution in [0.3, 0.4) is 0 Å². The summed E-state index contributed by atoms with van der Waals surface area (Å²) in [6.45, 7) is 1.61. The van der Waals surface area contributed by atoms with E-state index in [1.165, 1.54) is 17.4 Å². The lowest BCUT2D eigenvalue weighted by molar-refractivity contribution is -0.124. The van der Waals surface area contributed by atoms with Gasteiger partial charge in [0.05, 0.1) is 7.11 Å². The van der Waals surface area contributed by atoms with Crippen LogP contribution in [0.4, 0.5) is 0 Å². The molecule has 0 radical (unpaired) electrons. The molecule has 0 aliphatic rings. The first-order chi connectivity index (χ1) is 11.5. The molecule has 0 spiro atoms. The van der Waals surface area contributed by atoms with Crippen molar-refractivity contribution in [2.45, 2.75) is 13.0 Å². The van der Waals surface area contributed by atoms with Gasteiger partial charge in [-0.15, -0.1) is 11.3 Å². The summed E-state index contributed by atoms with van der Waals surface area (Å²) in [6, 6.07) is 6.60. The van der Waals surface area contributed by atoms with Gasteiger partial charge in [-0.1, -0.05) is 12.1 Å². The molecular formula is C17H19N3O3S. The number of nitrogens with one attached hydrogen (secondary N) is 1. The van der Waals surface area contributed by atoms with Crippen LogP contribution in [0.25, 0.3) is 6.08 Å². The van der Waals surface area contributed by atoms with E-state index in [0.29, 0.717) is 4.80 Å². The maximum Gasteiger partial charge on any atom is 0.270 e. The van der Waals surface area contributed by atoms with E-state index >= 15 is 0 Å². The van der Waals surface area contributed by atoms with Gasteiger partial charge in [-0.2, -0.15) is 4.99 Å². The zero-order valence-corrected chi connectivity index (χ0v) is 14.5. The molecule has 0 saturated heterocycles. The number of aryl methyl sites for hydroxylation is 1. The lowest BCUT2D eigenvalue weighted by Gasteiger charge is -2.07. The number of carbonyl (C=O) groups excluding carboxylic acids is 2. The Morgan fingerprint density at radius 1 is 1.33 bits per heavy atom. The van der Waals surface area contributed by atoms with Crippen molar-refractivity contribution in [1.29, 1.82) is 0 Å². The molecule has 0 saturated carbocycles. The van der Waals surface area contributed by atoms with Crippen LogP contribution in [-0.2, 0) is 16.6 Å². The monoisotopic (exact) mass is 345 g/mol. The Labute approximate surface area is 144 Å². The molecule has 2 rings (SSSR count). The third-order valence-electron chi connectivity index (χ3n) is 3.24. The minimum atomic E-state index is -0.694. The molecule has 24 heavy (non-hydrogen) atoms. The first-order valence-corrected chi connectivity index (χ1v) is 8.19. The summed E-state index contributed by atoms with van der Waals surface area (Å²) in [5.74, 6) is 0.0100. The maximum atomic E-state index is 12.0. The topological polar surface area (TPSA) is 72.7 Å². The molecule has 2 amide bonds. The lowest BCUT2D eigenvalue weighted by atomic mass is 10.2. The van der Waals surface area contributed by atoms with E-state index in [1.54, 1.807) is 24.7 Å². The minimum Gasteiger partial charge on any atom is -0.497 e. The van der Waals surface area contributed by atoms with E-state index < -0.39 is 6.04 Å². The Bertz CT molecular complexity index is 803. The molecule has 0 aliphatic carbocycles. The van der Waals surface area contributed by atoms with Gasteiger partial charge in [0.1, 0.15) is 11.8 Å². The van der Waals surface area contributed by atoms with E-state index in [9.17, 15) is 9.59 Å². The van der Waals surface area contributed by atoms with Crippen molar-refractivity contribution in [2.24, 2.45) is 12.0 Å². The van der Waals surface area contributed by atoms with E-state index in [4.69, 9.17) is 4.74 Å². The smallest absolute Gasteiger partial charge is 0.270 e. The fourth-order valence-electron chi connectivity index (χ4n) is 1.84. The predicted octanol–water partition coefficient (Wildman–Crippen LogP) is 1.74. The number of carbonyl (C=O) groups is 2. The lowest BCUT2D eigenvalue weighted by Crippen LogP contribution is -2.37. The first kappa shape index (κ1) is 17.7. The van der Waals surface area contributed by atoms with Crippen LogP contribution in [0.1, 0.15) is 12.5 Å². The van der Waals surface area contributed by atoms with Crippen LogP contribution in [0.2, 0.25) is 0 Å². The highest BCUT2D eigenvalue weighted by Crippen LogP contribution is 2.12. The van der Waals surface area contributed by atoms with Crippen LogP contribution in [-0.4, -0.2) is 29.5 Å². The molecule has 0 fully saturated rings. The zero-order valence-electron chi connectivity index (χ0n) is 13.7. The molecule has 0 aliphatic heterocycles. The fourth-order valence-corrected chi connectivity index (χ4v) is 2.57. The number of hydrogen-bond donors (Lipinski definition) is 1. The third-order valence-corrected chi connectivity index (χ3v) is 4.09. The highest BCUT2D eigenvalue weighted by molar-refractivity contribution is 7.07. The van der Waals surface area contributed by atoms with Gasteiger partial charge in [-0.25, -0.2) is 0 Å². The summed E-state index contributed by atoms with van der Waals surface area (Å²) >= 11 is 1.36. The van der Waals surface area contributed by atoms with Gasteiger partial charge >= 0.3 is 0 Å². The average Bonchev–Trinajstić information content (AvgIpc) is 2.98. The summed E-state index contributed by atoms with van der Waals surface area (Å²) in [5, 5.41) is 4.45. The Morgan fingerprint density at radius 3 is 2.62 bits per heavy atom. The Kier molecular flexibility index (Phi) is 6.08. The highest BCUT2D eigenvalue weighted by atomic mass is 32.1. The molecule has 7 heteroatoms. The number of aromatic nitrogens is 1. The van der Waals surface area contributed by atoms with Gasteiger partial charge in [0.15, 0.2) is 4.80 Å². The molecule has 1 N–H and O–H groups in total. The van der Waals surface area contributed by atoms with Crippen molar-refractivity contribution in [3.05, 3.63) is 52.3 Å². The summed E-state index contributed by atoms with van der Waals surface area (Å²) < 4.78 is 6.82. The van der Waals surface area contributed by atoms with Gasteiger partial charge < -0.3 is 14.6 Å². The van der Waals surface area contributed by atoms with Crippen LogP contribution >= 0.6 is 11.3 Å². The van der Waals surface area contributed by atoms with Crippen molar-refractivity contribution in [2.75, 3.05) is 7.11 Å². The van der Waals surface area contributed by atoms with E-state index in [2.05, 4.69) is 10.3 Å².